The summed E-state index contributed by atoms with van der Waals surface area (Å²) >= 11 is 0. The minimum absolute atomic E-state index is 0.455. The molecule has 0 aromatic rings. The lowest BCUT2D eigenvalue weighted by atomic mass is 10.3. The van der Waals surface area contributed by atoms with Crippen LogP contribution in [0.3, 0.4) is 0 Å². The van der Waals surface area contributed by atoms with E-state index in [1.54, 1.807) is 0 Å². The Morgan fingerprint density at radius 2 is 1.82 bits per heavy atom. The minimum Gasteiger partial charge on any atom is -0.395 e. The highest BCUT2D eigenvalue weighted by molar-refractivity contribution is 7.86. The Morgan fingerprint density at radius 3 is 1.91 bits per heavy atom. The molecule has 0 aromatic heterocycles. The van der Waals surface area contributed by atoms with E-state index in [9.17, 15) is 8.42 Å². The molecule has 0 fully saturated rings. The van der Waals surface area contributed by atoms with Crippen LogP contribution in [0.4, 0.5) is 0 Å². The van der Waals surface area contributed by atoms with E-state index >= 15 is 0 Å². The van der Waals surface area contributed by atoms with Crippen LogP contribution in [-0.2, 0) is 10.2 Å². The third kappa shape index (κ3) is 3.12. The van der Waals surface area contributed by atoms with E-state index < -0.39 is 29.5 Å². The Labute approximate surface area is 65.4 Å². The van der Waals surface area contributed by atoms with Crippen LogP contribution < -0.4 is 5.14 Å². The van der Waals surface area contributed by atoms with Crippen molar-refractivity contribution in [3.8, 4) is 0 Å². The van der Waals surface area contributed by atoms with Gasteiger partial charge in [-0.1, -0.05) is 0 Å². The van der Waals surface area contributed by atoms with Crippen LogP contribution in [0.5, 0.6) is 0 Å². The molecule has 0 saturated carbocycles. The SMILES string of the molecule is CN(C(CO)CO)S(N)(=O)=O. The molecular formula is C4H12N2O4S. The zero-order valence-electron chi connectivity index (χ0n) is 6.14. The molecule has 0 aliphatic rings. The molecule has 0 aliphatic heterocycles. The Balaban J connectivity index is 4.33. The second-order valence-corrected chi connectivity index (χ2v) is 3.69. The number of likely N-dealkylation sites (N-methyl/N-ethyl adjacent to an activating group) is 1. The van der Waals surface area contributed by atoms with Gasteiger partial charge in [0.2, 0.25) is 0 Å². The lowest BCUT2D eigenvalue weighted by Gasteiger charge is -2.21. The quantitative estimate of drug-likeness (QED) is 0.448. The fourth-order valence-electron chi connectivity index (χ4n) is 0.495. The standard InChI is InChI=1S/C4H12N2O4S/c1-6(11(5,9)10)4(2-7)3-8/h4,7-8H,2-3H2,1H3,(H2,5,9,10). The first-order chi connectivity index (χ1) is 4.93. The lowest BCUT2D eigenvalue weighted by molar-refractivity contribution is 0.135. The Kier molecular flexibility index (Phi) is 3.90. The molecule has 4 N–H and O–H groups in total. The molecule has 0 saturated heterocycles. The van der Waals surface area contributed by atoms with Gasteiger partial charge in [-0.15, -0.1) is 0 Å². The van der Waals surface area contributed by atoms with E-state index in [0.29, 0.717) is 4.31 Å². The van der Waals surface area contributed by atoms with Gasteiger partial charge in [-0.25, -0.2) is 5.14 Å². The van der Waals surface area contributed by atoms with Crippen molar-refractivity contribution in [2.75, 3.05) is 20.3 Å². The summed E-state index contributed by atoms with van der Waals surface area (Å²) in [6, 6.07) is -0.856. The van der Waals surface area contributed by atoms with Crippen LogP contribution in [0, 0.1) is 0 Å². The van der Waals surface area contributed by atoms with Crippen LogP contribution in [0.1, 0.15) is 0 Å². The number of aliphatic hydroxyl groups is 2. The van der Waals surface area contributed by atoms with Gasteiger partial charge >= 0.3 is 0 Å². The summed E-state index contributed by atoms with van der Waals surface area (Å²) < 4.78 is 21.9. The van der Waals surface area contributed by atoms with Gasteiger partial charge in [0.25, 0.3) is 10.2 Å². The Hall–Kier alpha value is -0.210. The average Bonchev–Trinajstić information content (AvgIpc) is 1.88. The molecule has 0 heterocycles. The van der Waals surface area contributed by atoms with Crippen molar-refractivity contribution < 1.29 is 18.6 Å². The van der Waals surface area contributed by atoms with Crippen LogP contribution in [0.2, 0.25) is 0 Å². The number of nitrogens with two attached hydrogens (primary N) is 1. The predicted molar refractivity (Wildman–Crippen MR) is 38.8 cm³/mol. The molecule has 68 valence electrons. The first-order valence-corrected chi connectivity index (χ1v) is 4.41. The maximum Gasteiger partial charge on any atom is 0.277 e. The van der Waals surface area contributed by atoms with Crippen molar-refractivity contribution in [2.45, 2.75) is 6.04 Å². The van der Waals surface area contributed by atoms with Crippen molar-refractivity contribution in [2.24, 2.45) is 5.14 Å². The molecule has 11 heavy (non-hydrogen) atoms. The second kappa shape index (κ2) is 3.98. The zero-order chi connectivity index (χ0) is 9.07. The van der Waals surface area contributed by atoms with Gasteiger partial charge in [-0.2, -0.15) is 12.7 Å². The van der Waals surface area contributed by atoms with E-state index in [2.05, 4.69) is 0 Å². The highest BCUT2D eigenvalue weighted by Gasteiger charge is 2.21. The summed E-state index contributed by atoms with van der Waals surface area (Å²) in [6.07, 6.45) is 0. The van der Waals surface area contributed by atoms with Crippen molar-refractivity contribution in [3.63, 3.8) is 0 Å². The number of nitrogens with zero attached hydrogens (tertiary/aromatic N) is 1. The van der Waals surface area contributed by atoms with Gasteiger partial charge in [-0.05, 0) is 0 Å². The van der Waals surface area contributed by atoms with Gasteiger partial charge < -0.3 is 10.2 Å². The molecule has 0 spiro atoms. The fraction of sp³-hybridized carbons (Fsp3) is 1.00. The summed E-state index contributed by atoms with van der Waals surface area (Å²) in [5, 5.41) is 21.8. The summed E-state index contributed by atoms with van der Waals surface area (Å²) in [4.78, 5) is 0. The second-order valence-electron chi connectivity index (χ2n) is 2.08. The molecule has 0 radical (unpaired) electrons. The zero-order valence-corrected chi connectivity index (χ0v) is 6.95. The molecule has 0 amide bonds. The monoisotopic (exact) mass is 184 g/mol. The smallest absolute Gasteiger partial charge is 0.277 e. The maximum atomic E-state index is 10.6. The summed E-state index contributed by atoms with van der Waals surface area (Å²) in [6.45, 7) is -0.910. The Bertz CT molecular complexity index is 198. The van der Waals surface area contributed by atoms with E-state index in [0.717, 1.165) is 0 Å². The van der Waals surface area contributed by atoms with Crippen molar-refractivity contribution in [1.82, 2.24) is 4.31 Å². The number of hydrogen-bond donors (Lipinski definition) is 3. The first kappa shape index (κ1) is 10.8. The summed E-state index contributed by atoms with van der Waals surface area (Å²) in [5.74, 6) is 0. The summed E-state index contributed by atoms with van der Waals surface area (Å²) in [5.41, 5.74) is 0. The molecule has 6 nitrogen and oxygen atoms in total. The summed E-state index contributed by atoms with van der Waals surface area (Å²) in [7, 11) is -2.63. The van der Waals surface area contributed by atoms with Gasteiger partial charge in [0.1, 0.15) is 0 Å². The third-order valence-corrected chi connectivity index (χ3v) is 2.44. The molecule has 0 aromatic carbocycles. The average molecular weight is 184 g/mol. The highest BCUT2D eigenvalue weighted by Crippen LogP contribution is 1.97. The minimum atomic E-state index is -3.81. The van der Waals surface area contributed by atoms with E-state index in [-0.39, 0.29) is 0 Å². The van der Waals surface area contributed by atoms with Gasteiger partial charge in [0.05, 0.1) is 19.3 Å². The van der Waals surface area contributed by atoms with Gasteiger partial charge in [0, 0.05) is 7.05 Å². The molecule has 0 rings (SSSR count). The molecule has 0 unspecified atom stereocenters. The van der Waals surface area contributed by atoms with Crippen molar-refractivity contribution in [1.29, 1.82) is 0 Å². The van der Waals surface area contributed by atoms with Gasteiger partial charge in [0.15, 0.2) is 0 Å². The molecule has 0 bridgehead atoms. The molecular weight excluding hydrogens is 172 g/mol. The lowest BCUT2D eigenvalue weighted by Crippen LogP contribution is -2.45. The number of rotatable bonds is 4. The number of aliphatic hydroxyl groups excluding tert-OH is 2. The van der Waals surface area contributed by atoms with Crippen molar-refractivity contribution in [3.05, 3.63) is 0 Å². The van der Waals surface area contributed by atoms with Gasteiger partial charge in [-0.3, -0.25) is 0 Å². The van der Waals surface area contributed by atoms with Crippen LogP contribution >= 0.6 is 0 Å². The highest BCUT2D eigenvalue weighted by atomic mass is 32.2. The fourth-order valence-corrected chi connectivity index (χ4v) is 1.04. The molecule has 7 heteroatoms. The first-order valence-electron chi connectivity index (χ1n) is 2.91. The van der Waals surface area contributed by atoms with Crippen LogP contribution in [0.25, 0.3) is 0 Å². The number of hydrogen-bond acceptors (Lipinski definition) is 4. The normalized spacial score (nSPS) is 12.9. The van der Waals surface area contributed by atoms with Crippen molar-refractivity contribution >= 4 is 10.2 Å². The van der Waals surface area contributed by atoms with E-state index in [1.807, 2.05) is 0 Å². The third-order valence-electron chi connectivity index (χ3n) is 1.34. The van der Waals surface area contributed by atoms with Crippen LogP contribution in [0.15, 0.2) is 0 Å². The van der Waals surface area contributed by atoms with Crippen LogP contribution in [-0.4, -0.2) is 49.2 Å². The largest absolute Gasteiger partial charge is 0.395 e. The predicted octanol–water partition coefficient (Wildman–Crippen LogP) is -2.53. The topological polar surface area (TPSA) is 104 Å². The maximum absolute atomic E-state index is 10.6. The van der Waals surface area contributed by atoms with E-state index in [4.69, 9.17) is 15.4 Å². The molecule has 0 aliphatic carbocycles. The molecule has 0 atom stereocenters. The van der Waals surface area contributed by atoms with E-state index in [1.165, 1.54) is 7.05 Å². The Morgan fingerprint density at radius 1 is 1.45 bits per heavy atom.